The van der Waals surface area contributed by atoms with Crippen molar-refractivity contribution < 1.29 is 14.3 Å². The number of fused-ring (bicyclic) bond motifs is 1. The Morgan fingerprint density at radius 3 is 2.56 bits per heavy atom. The van der Waals surface area contributed by atoms with Crippen molar-refractivity contribution in [2.75, 3.05) is 24.3 Å². The summed E-state index contributed by atoms with van der Waals surface area (Å²) in [5, 5.41) is 10.7. The molecule has 1 N–H and O–H groups in total. The van der Waals surface area contributed by atoms with Crippen LogP contribution in [0.1, 0.15) is 6.92 Å². The molecule has 0 bridgehead atoms. The summed E-state index contributed by atoms with van der Waals surface area (Å²) in [4.78, 5) is 26.4. The summed E-state index contributed by atoms with van der Waals surface area (Å²) in [6, 6.07) is 14.7. The zero-order valence-corrected chi connectivity index (χ0v) is 15.4. The third-order valence-electron chi connectivity index (χ3n) is 4.03. The van der Waals surface area contributed by atoms with E-state index in [1.165, 1.54) is 11.6 Å². The number of nitrogens with zero attached hydrogens (tertiary/aromatic N) is 4. The average molecular weight is 367 g/mol. The number of carbonyl (C=O) groups is 2. The molecule has 0 fully saturated rings. The Balaban J connectivity index is 1.56. The molecule has 1 heterocycles. The molecule has 0 saturated carbocycles. The Bertz CT molecular complexity index is 949. The summed E-state index contributed by atoms with van der Waals surface area (Å²) in [7, 11) is 3.88. The fourth-order valence-electron chi connectivity index (χ4n) is 2.53. The van der Waals surface area contributed by atoms with Crippen molar-refractivity contribution in [3.63, 3.8) is 0 Å². The predicted octanol–water partition coefficient (Wildman–Crippen LogP) is 2.07. The van der Waals surface area contributed by atoms with Crippen molar-refractivity contribution in [1.29, 1.82) is 0 Å². The number of para-hydroxylation sites is 1. The number of rotatable bonds is 6. The second-order valence-corrected chi connectivity index (χ2v) is 6.30. The van der Waals surface area contributed by atoms with Gasteiger partial charge in [0.1, 0.15) is 12.1 Å². The van der Waals surface area contributed by atoms with Gasteiger partial charge in [0.05, 0.1) is 5.52 Å². The van der Waals surface area contributed by atoms with Crippen molar-refractivity contribution in [3.05, 3.63) is 48.5 Å². The van der Waals surface area contributed by atoms with Gasteiger partial charge in [-0.2, -0.15) is 0 Å². The Morgan fingerprint density at radius 2 is 1.85 bits per heavy atom. The topological polar surface area (TPSA) is 89.4 Å². The largest absolute Gasteiger partial charge is 0.451 e. The van der Waals surface area contributed by atoms with Crippen molar-refractivity contribution in [2.45, 2.75) is 19.6 Å². The van der Waals surface area contributed by atoms with Crippen LogP contribution in [-0.4, -0.2) is 47.1 Å². The summed E-state index contributed by atoms with van der Waals surface area (Å²) in [6.07, 6.45) is -0.930. The van der Waals surface area contributed by atoms with Crippen LogP contribution in [0.4, 0.5) is 11.4 Å². The maximum absolute atomic E-state index is 12.2. The van der Waals surface area contributed by atoms with Gasteiger partial charge in [0.25, 0.3) is 5.91 Å². The number of esters is 1. The quantitative estimate of drug-likeness (QED) is 0.671. The Labute approximate surface area is 156 Å². The summed E-state index contributed by atoms with van der Waals surface area (Å²) in [5.41, 5.74) is 3.08. The molecule has 8 heteroatoms. The van der Waals surface area contributed by atoms with Gasteiger partial charge < -0.3 is 15.0 Å². The van der Waals surface area contributed by atoms with Crippen molar-refractivity contribution in [2.24, 2.45) is 0 Å². The van der Waals surface area contributed by atoms with Crippen molar-refractivity contribution >= 4 is 34.3 Å². The highest BCUT2D eigenvalue weighted by atomic mass is 16.5. The molecule has 0 unspecified atom stereocenters. The molecule has 0 aliphatic carbocycles. The molecule has 27 heavy (non-hydrogen) atoms. The van der Waals surface area contributed by atoms with E-state index in [0.717, 1.165) is 11.2 Å². The number of ether oxygens (including phenoxy) is 1. The van der Waals surface area contributed by atoms with Crippen LogP contribution >= 0.6 is 0 Å². The third kappa shape index (κ3) is 4.41. The van der Waals surface area contributed by atoms with Gasteiger partial charge in [-0.25, -0.2) is 4.68 Å². The van der Waals surface area contributed by atoms with Gasteiger partial charge in [0.2, 0.25) is 0 Å². The molecular weight excluding hydrogens is 346 g/mol. The number of aromatic nitrogens is 3. The summed E-state index contributed by atoms with van der Waals surface area (Å²) in [5.74, 6) is -0.958. The summed E-state index contributed by atoms with van der Waals surface area (Å²) < 4.78 is 6.67. The fraction of sp³-hybridized carbons (Fsp3) is 0.263. The minimum atomic E-state index is -0.930. The smallest absolute Gasteiger partial charge is 0.328 e. The number of hydrogen-bond donors (Lipinski definition) is 1. The highest BCUT2D eigenvalue weighted by molar-refractivity contribution is 5.95. The highest BCUT2D eigenvalue weighted by Crippen LogP contribution is 2.16. The van der Waals surface area contributed by atoms with Gasteiger partial charge in [-0.3, -0.25) is 9.59 Å². The normalized spacial score (nSPS) is 11.8. The van der Waals surface area contributed by atoms with Crippen LogP contribution in [0.25, 0.3) is 11.0 Å². The molecule has 8 nitrogen and oxygen atoms in total. The van der Waals surface area contributed by atoms with E-state index in [0.29, 0.717) is 11.2 Å². The number of nitrogens with one attached hydrogen (secondary N) is 1. The van der Waals surface area contributed by atoms with E-state index >= 15 is 0 Å². The maximum atomic E-state index is 12.2. The first kappa shape index (κ1) is 18.4. The Morgan fingerprint density at radius 1 is 1.15 bits per heavy atom. The number of hydrogen-bond acceptors (Lipinski definition) is 6. The number of carbonyl (C=O) groups excluding carboxylic acids is 2. The SMILES string of the molecule is C[C@@H](OC(=O)Cn1nnc2ccccc21)C(=O)Nc1ccc(N(C)C)cc1. The van der Waals surface area contributed by atoms with Gasteiger partial charge in [-0.15, -0.1) is 5.10 Å². The first-order valence-corrected chi connectivity index (χ1v) is 8.50. The maximum Gasteiger partial charge on any atom is 0.328 e. The molecule has 3 aromatic rings. The molecular formula is C19H21N5O3. The summed E-state index contributed by atoms with van der Waals surface area (Å²) in [6.45, 7) is 1.41. The molecule has 0 saturated heterocycles. The molecule has 3 rings (SSSR count). The molecule has 0 aliphatic heterocycles. The lowest BCUT2D eigenvalue weighted by Crippen LogP contribution is -2.31. The van der Waals surface area contributed by atoms with Crippen LogP contribution < -0.4 is 10.2 Å². The molecule has 140 valence electrons. The minimum Gasteiger partial charge on any atom is -0.451 e. The van der Waals surface area contributed by atoms with E-state index in [2.05, 4.69) is 15.6 Å². The molecule has 1 atom stereocenters. The molecule has 1 amide bonds. The lowest BCUT2D eigenvalue weighted by atomic mass is 10.2. The number of benzene rings is 2. The van der Waals surface area contributed by atoms with Crippen LogP contribution in [0.2, 0.25) is 0 Å². The van der Waals surface area contributed by atoms with Gasteiger partial charge in [0, 0.05) is 25.5 Å². The van der Waals surface area contributed by atoms with Gasteiger partial charge in [0.15, 0.2) is 6.10 Å². The van der Waals surface area contributed by atoms with Crippen molar-refractivity contribution in [1.82, 2.24) is 15.0 Å². The van der Waals surface area contributed by atoms with E-state index in [1.807, 2.05) is 55.4 Å². The first-order chi connectivity index (χ1) is 12.9. The van der Waals surface area contributed by atoms with Gasteiger partial charge in [-0.05, 0) is 43.3 Å². The zero-order valence-electron chi connectivity index (χ0n) is 15.4. The lowest BCUT2D eigenvalue weighted by Gasteiger charge is -2.15. The predicted molar refractivity (Wildman–Crippen MR) is 102 cm³/mol. The molecule has 0 spiro atoms. The van der Waals surface area contributed by atoms with Crippen LogP contribution in [0, 0.1) is 0 Å². The second-order valence-electron chi connectivity index (χ2n) is 6.30. The minimum absolute atomic E-state index is 0.115. The van der Waals surface area contributed by atoms with E-state index in [1.54, 1.807) is 12.1 Å². The standard InChI is InChI=1S/C19H21N5O3/c1-13(19(26)20-14-8-10-15(11-9-14)23(2)3)27-18(25)12-24-17-7-5-4-6-16(17)21-22-24/h4-11,13H,12H2,1-3H3,(H,20,26)/t13-/m1/s1. The second kappa shape index (κ2) is 7.86. The van der Waals surface area contributed by atoms with Gasteiger partial charge >= 0.3 is 5.97 Å². The zero-order chi connectivity index (χ0) is 19.4. The van der Waals surface area contributed by atoms with Crippen LogP contribution in [0.15, 0.2) is 48.5 Å². The molecule has 2 aromatic carbocycles. The average Bonchev–Trinajstić information content (AvgIpc) is 3.05. The third-order valence-corrected chi connectivity index (χ3v) is 4.03. The number of anilines is 2. The number of amides is 1. The van der Waals surface area contributed by atoms with E-state index in [4.69, 9.17) is 4.74 Å². The van der Waals surface area contributed by atoms with E-state index < -0.39 is 18.0 Å². The monoisotopic (exact) mass is 367 g/mol. The summed E-state index contributed by atoms with van der Waals surface area (Å²) >= 11 is 0. The van der Waals surface area contributed by atoms with Crippen LogP contribution in [0.5, 0.6) is 0 Å². The molecule has 1 aromatic heterocycles. The van der Waals surface area contributed by atoms with E-state index in [9.17, 15) is 9.59 Å². The van der Waals surface area contributed by atoms with Crippen LogP contribution in [0.3, 0.4) is 0 Å². The Hall–Kier alpha value is -3.42. The van der Waals surface area contributed by atoms with Crippen LogP contribution in [-0.2, 0) is 20.9 Å². The van der Waals surface area contributed by atoms with Gasteiger partial charge in [-0.1, -0.05) is 17.3 Å². The van der Waals surface area contributed by atoms with Crippen molar-refractivity contribution in [3.8, 4) is 0 Å². The first-order valence-electron chi connectivity index (χ1n) is 8.50. The highest BCUT2D eigenvalue weighted by Gasteiger charge is 2.19. The molecule has 0 radical (unpaired) electrons. The Kier molecular flexibility index (Phi) is 5.35. The fourth-order valence-corrected chi connectivity index (χ4v) is 2.53. The lowest BCUT2D eigenvalue weighted by molar-refractivity contribution is -0.153. The molecule has 0 aliphatic rings. The van der Waals surface area contributed by atoms with E-state index in [-0.39, 0.29) is 6.54 Å².